The van der Waals surface area contributed by atoms with Gasteiger partial charge in [0.05, 0.1) is 16.9 Å². The number of esters is 1. The number of aryl methyl sites for hydroxylation is 1. The molecular weight excluding hydrogens is 364 g/mol. The summed E-state index contributed by atoms with van der Waals surface area (Å²) in [6, 6.07) is 5.05. The van der Waals surface area contributed by atoms with Gasteiger partial charge >= 0.3 is 5.97 Å². The molecule has 2 rings (SSSR count). The molecule has 0 spiro atoms. The molecular formula is C16H16N2O5S2. The van der Waals surface area contributed by atoms with E-state index in [-0.39, 0.29) is 24.2 Å². The average Bonchev–Trinajstić information content (AvgIpc) is 3.19. The van der Waals surface area contributed by atoms with E-state index in [9.17, 15) is 19.2 Å². The Hall–Kier alpha value is -2.52. The molecule has 0 fully saturated rings. The fourth-order valence-electron chi connectivity index (χ4n) is 1.90. The molecule has 2 heterocycles. The molecule has 0 aliphatic carbocycles. The highest BCUT2D eigenvalue weighted by Gasteiger charge is 2.15. The molecule has 0 aliphatic heterocycles. The van der Waals surface area contributed by atoms with Gasteiger partial charge < -0.3 is 15.8 Å². The Morgan fingerprint density at radius 1 is 1.16 bits per heavy atom. The van der Waals surface area contributed by atoms with Gasteiger partial charge in [-0.25, -0.2) is 0 Å². The van der Waals surface area contributed by atoms with E-state index in [4.69, 9.17) is 10.5 Å². The number of anilines is 1. The Morgan fingerprint density at radius 3 is 2.56 bits per heavy atom. The van der Waals surface area contributed by atoms with Crippen LogP contribution in [-0.4, -0.2) is 30.2 Å². The van der Waals surface area contributed by atoms with E-state index in [1.165, 1.54) is 17.4 Å². The number of Topliss-reactive ketones (excluding diaryl/α,β-unsaturated/α-hetero) is 1. The molecule has 0 aliphatic rings. The molecule has 2 aromatic rings. The minimum absolute atomic E-state index is 0.0250. The fraction of sp³-hybridized carbons (Fsp3) is 0.250. The van der Waals surface area contributed by atoms with Crippen LogP contribution in [0, 0.1) is 6.92 Å². The zero-order chi connectivity index (χ0) is 18.4. The first kappa shape index (κ1) is 18.8. The Balaban J connectivity index is 1.74. The van der Waals surface area contributed by atoms with Crippen LogP contribution < -0.4 is 11.1 Å². The van der Waals surface area contributed by atoms with Crippen molar-refractivity contribution in [3.05, 3.63) is 38.9 Å². The second-order valence-electron chi connectivity index (χ2n) is 5.07. The maximum atomic E-state index is 11.9. The molecule has 2 amide bonds. The topological polar surface area (TPSA) is 116 Å². The van der Waals surface area contributed by atoms with Gasteiger partial charge in [0.1, 0.15) is 5.00 Å². The minimum Gasteiger partial charge on any atom is -0.456 e. The first-order valence-corrected chi connectivity index (χ1v) is 8.99. The van der Waals surface area contributed by atoms with Gasteiger partial charge in [-0.2, -0.15) is 0 Å². The highest BCUT2D eigenvalue weighted by atomic mass is 32.1. The molecule has 9 heteroatoms. The van der Waals surface area contributed by atoms with Crippen LogP contribution in [0.1, 0.15) is 37.7 Å². The van der Waals surface area contributed by atoms with E-state index in [1.54, 1.807) is 11.4 Å². The minimum atomic E-state index is -0.657. The lowest BCUT2D eigenvalue weighted by atomic mass is 10.2. The fourth-order valence-corrected chi connectivity index (χ4v) is 3.55. The van der Waals surface area contributed by atoms with E-state index in [1.807, 2.05) is 13.0 Å². The summed E-state index contributed by atoms with van der Waals surface area (Å²) in [6.07, 6.45) is -0.0776. The van der Waals surface area contributed by atoms with Gasteiger partial charge in [-0.3, -0.25) is 19.2 Å². The largest absolute Gasteiger partial charge is 0.456 e. The summed E-state index contributed by atoms with van der Waals surface area (Å²) in [5.41, 5.74) is 5.37. The number of rotatable bonds is 8. The second-order valence-corrected chi connectivity index (χ2v) is 7.27. The molecule has 2 aromatic heterocycles. The number of carbonyl (C=O) groups is 4. The molecule has 0 atom stereocenters. The van der Waals surface area contributed by atoms with Crippen molar-refractivity contribution in [2.75, 3.05) is 11.9 Å². The third-order valence-corrected chi connectivity index (χ3v) is 4.99. The van der Waals surface area contributed by atoms with Gasteiger partial charge in [-0.15, -0.1) is 22.7 Å². The number of carbonyl (C=O) groups excluding carboxylic acids is 4. The van der Waals surface area contributed by atoms with Crippen LogP contribution in [0.3, 0.4) is 0 Å². The Bertz CT molecular complexity index is 809. The number of hydrogen-bond acceptors (Lipinski definition) is 7. The zero-order valence-corrected chi connectivity index (χ0v) is 15.0. The number of nitrogens with two attached hydrogens (primary N) is 1. The summed E-state index contributed by atoms with van der Waals surface area (Å²) in [4.78, 5) is 48.1. The molecule has 0 radical (unpaired) electrons. The van der Waals surface area contributed by atoms with Crippen molar-refractivity contribution in [3.8, 4) is 0 Å². The third kappa shape index (κ3) is 5.50. The number of hydrogen-bond donors (Lipinski definition) is 2. The second kappa shape index (κ2) is 8.54. The number of nitrogens with one attached hydrogen (secondary N) is 1. The standard InChI is InChI=1S/C16H16N2O5S2/c1-9-2-4-12(25-9)11(19)3-5-14(21)23-8-13(20)18-16-10(15(17)22)6-7-24-16/h2,4,6-7H,3,5,8H2,1H3,(H2,17,22)(H,18,20). The Kier molecular flexibility index (Phi) is 6.43. The third-order valence-electron chi connectivity index (χ3n) is 3.12. The van der Waals surface area contributed by atoms with Gasteiger partial charge in [0.2, 0.25) is 0 Å². The molecule has 0 bridgehead atoms. The normalized spacial score (nSPS) is 10.3. The van der Waals surface area contributed by atoms with Crippen molar-refractivity contribution in [1.82, 2.24) is 0 Å². The molecule has 0 aromatic carbocycles. The van der Waals surface area contributed by atoms with Gasteiger partial charge in [0, 0.05) is 11.3 Å². The van der Waals surface area contributed by atoms with Gasteiger partial charge in [0.15, 0.2) is 12.4 Å². The van der Waals surface area contributed by atoms with Crippen LogP contribution in [0.15, 0.2) is 23.6 Å². The van der Waals surface area contributed by atoms with Gasteiger partial charge in [-0.1, -0.05) is 0 Å². The molecule has 25 heavy (non-hydrogen) atoms. The predicted octanol–water partition coefficient (Wildman–Crippen LogP) is 2.36. The van der Waals surface area contributed by atoms with Crippen LogP contribution in [0.5, 0.6) is 0 Å². The molecule has 0 saturated heterocycles. The first-order valence-electron chi connectivity index (χ1n) is 7.29. The predicted molar refractivity (Wildman–Crippen MR) is 95.0 cm³/mol. The summed E-state index contributed by atoms with van der Waals surface area (Å²) in [5, 5.41) is 4.37. The number of amides is 2. The van der Waals surface area contributed by atoms with E-state index in [0.717, 1.165) is 16.2 Å². The average molecular weight is 380 g/mol. The molecule has 0 saturated carbocycles. The molecule has 7 nitrogen and oxygen atoms in total. The van der Waals surface area contributed by atoms with Crippen LogP contribution in [0.4, 0.5) is 5.00 Å². The summed E-state index contributed by atoms with van der Waals surface area (Å²) < 4.78 is 4.83. The lowest BCUT2D eigenvalue weighted by molar-refractivity contribution is -0.147. The van der Waals surface area contributed by atoms with E-state index < -0.39 is 24.4 Å². The maximum absolute atomic E-state index is 11.9. The van der Waals surface area contributed by atoms with Crippen molar-refractivity contribution in [2.24, 2.45) is 5.73 Å². The lowest BCUT2D eigenvalue weighted by Crippen LogP contribution is -2.22. The summed E-state index contributed by atoms with van der Waals surface area (Å²) in [5.74, 6) is -2.02. The summed E-state index contributed by atoms with van der Waals surface area (Å²) >= 11 is 2.51. The number of thiophene rings is 2. The zero-order valence-electron chi connectivity index (χ0n) is 13.4. The smallest absolute Gasteiger partial charge is 0.306 e. The summed E-state index contributed by atoms with van der Waals surface area (Å²) in [7, 11) is 0. The monoisotopic (exact) mass is 380 g/mol. The number of ketones is 1. The van der Waals surface area contributed by atoms with Crippen LogP contribution >= 0.6 is 22.7 Å². The molecule has 0 unspecified atom stereocenters. The molecule has 132 valence electrons. The van der Waals surface area contributed by atoms with E-state index >= 15 is 0 Å². The SMILES string of the molecule is Cc1ccc(C(=O)CCC(=O)OCC(=O)Nc2sccc2C(N)=O)s1. The maximum Gasteiger partial charge on any atom is 0.306 e. The molecule has 3 N–H and O–H groups in total. The van der Waals surface area contributed by atoms with E-state index in [2.05, 4.69) is 5.32 Å². The summed E-state index contributed by atoms with van der Waals surface area (Å²) in [6.45, 7) is 1.40. The Morgan fingerprint density at radius 2 is 1.92 bits per heavy atom. The van der Waals surface area contributed by atoms with Gasteiger partial charge in [-0.05, 0) is 30.5 Å². The highest BCUT2D eigenvalue weighted by molar-refractivity contribution is 7.14. The van der Waals surface area contributed by atoms with E-state index in [0.29, 0.717) is 9.88 Å². The van der Waals surface area contributed by atoms with Crippen LogP contribution in [-0.2, 0) is 14.3 Å². The van der Waals surface area contributed by atoms with Crippen molar-refractivity contribution in [3.63, 3.8) is 0 Å². The highest BCUT2D eigenvalue weighted by Crippen LogP contribution is 2.22. The number of primary amides is 1. The van der Waals surface area contributed by atoms with Crippen molar-refractivity contribution < 1.29 is 23.9 Å². The first-order chi connectivity index (χ1) is 11.9. The number of ether oxygens (including phenoxy) is 1. The van der Waals surface area contributed by atoms with Crippen molar-refractivity contribution in [2.45, 2.75) is 19.8 Å². The van der Waals surface area contributed by atoms with Crippen molar-refractivity contribution in [1.29, 1.82) is 0 Å². The van der Waals surface area contributed by atoms with Crippen LogP contribution in [0.25, 0.3) is 0 Å². The quantitative estimate of drug-likeness (QED) is 0.539. The van der Waals surface area contributed by atoms with Crippen LogP contribution in [0.2, 0.25) is 0 Å². The van der Waals surface area contributed by atoms with Crippen molar-refractivity contribution >= 4 is 51.2 Å². The lowest BCUT2D eigenvalue weighted by Gasteiger charge is -2.06. The Labute approximate surface area is 151 Å². The van der Waals surface area contributed by atoms with Gasteiger partial charge in [0.25, 0.3) is 11.8 Å².